The Labute approximate surface area is 118 Å². The molecule has 1 saturated heterocycles. The van der Waals surface area contributed by atoms with Crippen LogP contribution in [-0.2, 0) is 9.59 Å². The first-order valence-corrected chi connectivity index (χ1v) is 6.98. The fourth-order valence-corrected chi connectivity index (χ4v) is 2.76. The van der Waals surface area contributed by atoms with Crippen molar-refractivity contribution in [2.45, 2.75) is 26.3 Å². The summed E-state index contributed by atoms with van der Waals surface area (Å²) in [5.74, 6) is -0.312. The smallest absolute Gasteiger partial charge is 0.292 e. The van der Waals surface area contributed by atoms with E-state index in [1.165, 1.54) is 4.90 Å². The Morgan fingerprint density at radius 3 is 2.65 bits per heavy atom. The topological polar surface area (TPSA) is 62.1 Å². The number of imide groups is 1. The molecule has 0 radical (unpaired) electrons. The fourth-order valence-electron chi connectivity index (χ4n) is 2.76. The molecule has 1 unspecified atom stereocenters. The van der Waals surface area contributed by atoms with Crippen LogP contribution in [0.3, 0.4) is 0 Å². The first-order chi connectivity index (χ1) is 9.60. The van der Waals surface area contributed by atoms with Gasteiger partial charge in [-0.2, -0.15) is 0 Å². The molecule has 1 fully saturated rings. The Bertz CT molecular complexity index is 516. The average molecular weight is 277 g/mol. The van der Waals surface area contributed by atoms with E-state index in [-0.39, 0.29) is 30.9 Å². The maximum Gasteiger partial charge on any atom is 0.292 e. The van der Waals surface area contributed by atoms with Crippen LogP contribution in [0.5, 0.6) is 0 Å². The van der Waals surface area contributed by atoms with E-state index in [0.717, 1.165) is 10.5 Å². The molecule has 5 heteroatoms. The standard InChI is InChI=1S/C15H20N2O3/c1-3-16(8-9-18)13-10-14(19)17(15(13)20)12-7-5-4-6-11(12)2/h4-7,13,18H,3,8-10H2,1-2H3/p+1/t13-/m0/s1. The van der Waals surface area contributed by atoms with Crippen LogP contribution in [0.25, 0.3) is 0 Å². The van der Waals surface area contributed by atoms with Crippen LogP contribution >= 0.6 is 0 Å². The molecule has 2 atom stereocenters. The Balaban J connectivity index is 2.28. The summed E-state index contributed by atoms with van der Waals surface area (Å²) in [5, 5.41) is 9.08. The molecule has 2 rings (SSSR count). The first-order valence-electron chi connectivity index (χ1n) is 6.98. The van der Waals surface area contributed by atoms with E-state index in [4.69, 9.17) is 5.11 Å². The average Bonchev–Trinajstić information content (AvgIpc) is 2.72. The zero-order valence-corrected chi connectivity index (χ0v) is 11.9. The monoisotopic (exact) mass is 277 g/mol. The minimum Gasteiger partial charge on any atom is -0.391 e. The van der Waals surface area contributed by atoms with Gasteiger partial charge < -0.3 is 10.0 Å². The van der Waals surface area contributed by atoms with Gasteiger partial charge in [-0.1, -0.05) is 18.2 Å². The SMILES string of the molecule is CC[NH+](CCO)[C@H]1CC(=O)N(c2ccccc2C)C1=O. The molecular weight excluding hydrogens is 256 g/mol. The van der Waals surface area contributed by atoms with Gasteiger partial charge in [0.05, 0.1) is 25.3 Å². The van der Waals surface area contributed by atoms with Gasteiger partial charge in [-0.3, -0.25) is 9.59 Å². The van der Waals surface area contributed by atoms with Crippen molar-refractivity contribution in [3.8, 4) is 0 Å². The molecule has 1 aromatic rings. The molecule has 1 aromatic carbocycles. The second-order valence-corrected chi connectivity index (χ2v) is 5.10. The van der Waals surface area contributed by atoms with Crippen LogP contribution in [0.1, 0.15) is 18.9 Å². The second-order valence-electron chi connectivity index (χ2n) is 5.10. The van der Waals surface area contributed by atoms with E-state index in [1.54, 1.807) is 6.07 Å². The first kappa shape index (κ1) is 14.7. The number of nitrogens with one attached hydrogen (secondary N) is 1. The lowest BCUT2D eigenvalue weighted by Gasteiger charge is -2.22. The van der Waals surface area contributed by atoms with E-state index >= 15 is 0 Å². The van der Waals surface area contributed by atoms with Gasteiger partial charge in [0.15, 0.2) is 6.04 Å². The number of quaternary nitrogens is 1. The van der Waals surface area contributed by atoms with Crippen LogP contribution in [0.15, 0.2) is 24.3 Å². The number of carbonyl (C=O) groups excluding carboxylic acids is 2. The lowest BCUT2D eigenvalue weighted by molar-refractivity contribution is -0.913. The molecule has 2 amide bonds. The number of benzene rings is 1. The summed E-state index contributed by atoms with van der Waals surface area (Å²) < 4.78 is 0. The number of amides is 2. The van der Waals surface area contributed by atoms with Gasteiger partial charge in [-0.05, 0) is 25.5 Å². The quantitative estimate of drug-likeness (QED) is 0.715. The molecule has 5 nitrogen and oxygen atoms in total. The lowest BCUT2D eigenvalue weighted by atomic mass is 10.2. The summed E-state index contributed by atoms with van der Waals surface area (Å²) in [5.41, 5.74) is 1.58. The molecule has 1 aliphatic heterocycles. The Morgan fingerprint density at radius 2 is 2.05 bits per heavy atom. The minimum atomic E-state index is -0.376. The molecule has 2 N–H and O–H groups in total. The van der Waals surface area contributed by atoms with Gasteiger partial charge in [0.25, 0.3) is 5.91 Å². The summed E-state index contributed by atoms with van der Waals surface area (Å²) in [7, 11) is 0. The Morgan fingerprint density at radius 1 is 1.35 bits per heavy atom. The summed E-state index contributed by atoms with van der Waals surface area (Å²) >= 11 is 0. The van der Waals surface area contributed by atoms with Gasteiger partial charge in [-0.25, -0.2) is 4.90 Å². The summed E-state index contributed by atoms with van der Waals surface area (Å²) in [6.45, 7) is 5.07. The number of carbonyl (C=O) groups is 2. The summed E-state index contributed by atoms with van der Waals surface area (Å²) in [6.07, 6.45) is 0.219. The molecule has 0 bridgehead atoms. The number of hydrogen-bond acceptors (Lipinski definition) is 3. The zero-order chi connectivity index (χ0) is 14.7. The predicted molar refractivity (Wildman–Crippen MR) is 75.5 cm³/mol. The number of aliphatic hydroxyl groups excluding tert-OH is 1. The van der Waals surface area contributed by atoms with Gasteiger partial charge in [-0.15, -0.1) is 0 Å². The van der Waals surface area contributed by atoms with Crippen LogP contribution in [-0.4, -0.2) is 42.7 Å². The van der Waals surface area contributed by atoms with Crippen molar-refractivity contribution < 1.29 is 19.6 Å². The molecule has 108 valence electrons. The van der Waals surface area contributed by atoms with Gasteiger partial charge >= 0.3 is 0 Å². The molecule has 0 aromatic heterocycles. The van der Waals surface area contributed by atoms with Gasteiger partial charge in [0.1, 0.15) is 6.54 Å². The minimum absolute atomic E-state index is 0.0194. The van der Waals surface area contributed by atoms with E-state index in [0.29, 0.717) is 18.8 Å². The molecular formula is C15H21N2O3+. The Kier molecular flexibility index (Phi) is 4.52. The number of rotatable bonds is 5. The highest BCUT2D eigenvalue weighted by Crippen LogP contribution is 2.25. The van der Waals surface area contributed by atoms with Gasteiger partial charge in [0, 0.05) is 0 Å². The van der Waals surface area contributed by atoms with Crippen molar-refractivity contribution in [1.82, 2.24) is 0 Å². The van der Waals surface area contributed by atoms with Crippen LogP contribution in [0.2, 0.25) is 0 Å². The number of nitrogens with zero attached hydrogens (tertiary/aromatic N) is 1. The van der Waals surface area contributed by atoms with Crippen LogP contribution < -0.4 is 9.80 Å². The van der Waals surface area contributed by atoms with Crippen molar-refractivity contribution >= 4 is 17.5 Å². The Hall–Kier alpha value is -1.72. The maximum atomic E-state index is 12.5. The van der Waals surface area contributed by atoms with E-state index in [2.05, 4.69) is 0 Å². The van der Waals surface area contributed by atoms with Crippen molar-refractivity contribution in [3.63, 3.8) is 0 Å². The third-order valence-electron chi connectivity index (χ3n) is 3.88. The summed E-state index contributed by atoms with van der Waals surface area (Å²) in [4.78, 5) is 27.0. The highest BCUT2D eigenvalue weighted by Gasteiger charge is 2.45. The largest absolute Gasteiger partial charge is 0.391 e. The van der Waals surface area contributed by atoms with Crippen LogP contribution in [0.4, 0.5) is 5.69 Å². The van der Waals surface area contributed by atoms with Crippen molar-refractivity contribution in [2.75, 3.05) is 24.6 Å². The van der Waals surface area contributed by atoms with E-state index < -0.39 is 0 Å². The molecule has 20 heavy (non-hydrogen) atoms. The highest BCUT2D eigenvalue weighted by molar-refractivity contribution is 6.22. The molecule has 1 heterocycles. The third-order valence-corrected chi connectivity index (χ3v) is 3.88. The number of aryl methyl sites for hydroxylation is 1. The lowest BCUT2D eigenvalue weighted by Crippen LogP contribution is -3.16. The predicted octanol–water partition coefficient (Wildman–Crippen LogP) is -0.476. The third kappa shape index (κ3) is 2.59. The number of aliphatic hydroxyl groups is 1. The van der Waals surface area contributed by atoms with E-state index in [9.17, 15) is 9.59 Å². The number of para-hydroxylation sites is 1. The summed E-state index contributed by atoms with van der Waals surface area (Å²) in [6, 6.07) is 7.02. The van der Waals surface area contributed by atoms with Crippen molar-refractivity contribution in [3.05, 3.63) is 29.8 Å². The van der Waals surface area contributed by atoms with Crippen molar-refractivity contribution in [2.24, 2.45) is 0 Å². The van der Waals surface area contributed by atoms with E-state index in [1.807, 2.05) is 32.0 Å². The second kappa shape index (κ2) is 6.15. The maximum absolute atomic E-state index is 12.5. The van der Waals surface area contributed by atoms with Gasteiger partial charge in [0.2, 0.25) is 5.91 Å². The molecule has 0 saturated carbocycles. The number of hydrogen-bond donors (Lipinski definition) is 2. The number of anilines is 1. The number of likely N-dealkylation sites (N-methyl/N-ethyl adjacent to an activating group) is 1. The van der Waals surface area contributed by atoms with Crippen LogP contribution in [0, 0.1) is 6.92 Å². The fraction of sp³-hybridized carbons (Fsp3) is 0.467. The van der Waals surface area contributed by atoms with Crippen molar-refractivity contribution in [1.29, 1.82) is 0 Å². The highest BCUT2D eigenvalue weighted by atomic mass is 16.3. The molecule has 1 aliphatic rings. The molecule has 0 spiro atoms. The zero-order valence-electron chi connectivity index (χ0n) is 11.9. The molecule has 0 aliphatic carbocycles. The normalized spacial score (nSPS) is 20.6.